The van der Waals surface area contributed by atoms with Gasteiger partial charge in [-0.3, -0.25) is 0 Å². The van der Waals surface area contributed by atoms with E-state index >= 15 is 0 Å². The second kappa shape index (κ2) is 6.04. The Morgan fingerprint density at radius 1 is 1.42 bits per heavy atom. The third-order valence-corrected chi connectivity index (χ3v) is 4.56. The Morgan fingerprint density at radius 2 is 2.21 bits per heavy atom. The van der Waals surface area contributed by atoms with E-state index in [4.69, 9.17) is 5.73 Å². The summed E-state index contributed by atoms with van der Waals surface area (Å²) in [4.78, 5) is 4.42. The Kier molecular flexibility index (Phi) is 4.61. The molecule has 0 saturated heterocycles. The lowest BCUT2D eigenvalue weighted by atomic mass is 9.87. The lowest BCUT2D eigenvalue weighted by Gasteiger charge is -2.28. The summed E-state index contributed by atoms with van der Waals surface area (Å²) >= 11 is 0. The summed E-state index contributed by atoms with van der Waals surface area (Å²) in [6, 6.07) is 0.357. The van der Waals surface area contributed by atoms with Crippen LogP contribution in [0.2, 0.25) is 0 Å². The molecule has 2 atom stereocenters. The monoisotopic (exact) mass is 264 g/mol. The van der Waals surface area contributed by atoms with Crippen molar-refractivity contribution >= 4 is 0 Å². The molecule has 1 aromatic heterocycles. The molecule has 19 heavy (non-hydrogen) atoms. The molecular formula is C15H28N4. The highest BCUT2D eigenvalue weighted by atomic mass is 15.3. The first kappa shape index (κ1) is 14.5. The van der Waals surface area contributed by atoms with Crippen molar-refractivity contribution in [2.45, 2.75) is 77.3 Å². The van der Waals surface area contributed by atoms with Crippen LogP contribution in [0.4, 0.5) is 0 Å². The molecular weight excluding hydrogens is 236 g/mol. The molecule has 2 N–H and O–H groups in total. The van der Waals surface area contributed by atoms with E-state index in [0.717, 1.165) is 31.0 Å². The summed E-state index contributed by atoms with van der Waals surface area (Å²) < 4.78 is 2.01. The summed E-state index contributed by atoms with van der Waals surface area (Å²) in [7, 11) is 0. The van der Waals surface area contributed by atoms with E-state index in [1.54, 1.807) is 6.33 Å². The third kappa shape index (κ3) is 3.56. The molecule has 0 radical (unpaired) electrons. The number of nitrogens with two attached hydrogens (primary N) is 1. The average Bonchev–Trinajstić information content (AvgIpc) is 2.73. The highest BCUT2D eigenvalue weighted by Gasteiger charge is 2.30. The van der Waals surface area contributed by atoms with Crippen LogP contribution in [0.3, 0.4) is 0 Å². The Balaban J connectivity index is 2.06. The largest absolute Gasteiger partial charge is 0.325 e. The number of hydrogen-bond donors (Lipinski definition) is 1. The summed E-state index contributed by atoms with van der Waals surface area (Å²) in [5, 5.41) is 4.32. The van der Waals surface area contributed by atoms with Gasteiger partial charge in [-0.2, -0.15) is 5.10 Å². The van der Waals surface area contributed by atoms with Gasteiger partial charge in [-0.1, -0.05) is 26.2 Å². The van der Waals surface area contributed by atoms with Crippen LogP contribution in [-0.2, 0) is 6.42 Å². The van der Waals surface area contributed by atoms with E-state index in [1.807, 2.05) is 4.68 Å². The van der Waals surface area contributed by atoms with Gasteiger partial charge in [-0.15, -0.1) is 0 Å². The first-order valence-electron chi connectivity index (χ1n) is 7.71. The average molecular weight is 264 g/mol. The number of nitrogens with zero attached hydrogens (tertiary/aromatic N) is 3. The summed E-state index contributed by atoms with van der Waals surface area (Å²) in [5.74, 6) is 1.92. The maximum atomic E-state index is 6.66. The van der Waals surface area contributed by atoms with Gasteiger partial charge in [-0.25, -0.2) is 9.67 Å². The zero-order valence-corrected chi connectivity index (χ0v) is 12.6. The first-order chi connectivity index (χ1) is 9.04. The van der Waals surface area contributed by atoms with E-state index < -0.39 is 0 Å². The van der Waals surface area contributed by atoms with Crippen molar-refractivity contribution in [3.05, 3.63) is 12.2 Å². The molecule has 0 spiro atoms. The van der Waals surface area contributed by atoms with Gasteiger partial charge in [0, 0.05) is 18.0 Å². The minimum atomic E-state index is -0.0798. The molecule has 4 heteroatoms. The smallest absolute Gasteiger partial charge is 0.138 e. The topological polar surface area (TPSA) is 56.7 Å². The summed E-state index contributed by atoms with van der Waals surface area (Å²) in [5.41, 5.74) is 6.58. The van der Waals surface area contributed by atoms with Gasteiger partial charge in [0.15, 0.2) is 0 Å². The zero-order valence-electron chi connectivity index (χ0n) is 12.6. The molecule has 1 aliphatic rings. The van der Waals surface area contributed by atoms with Crippen LogP contribution in [0, 0.1) is 5.92 Å². The molecule has 0 bridgehead atoms. The highest BCUT2D eigenvalue weighted by molar-refractivity contribution is 4.99. The Bertz CT molecular complexity index is 399. The van der Waals surface area contributed by atoms with Gasteiger partial charge in [0.1, 0.15) is 12.2 Å². The fourth-order valence-electron chi connectivity index (χ4n) is 3.24. The molecule has 1 aliphatic carbocycles. The summed E-state index contributed by atoms with van der Waals surface area (Å²) in [6.07, 6.45) is 9.91. The van der Waals surface area contributed by atoms with Crippen molar-refractivity contribution in [1.29, 1.82) is 0 Å². The van der Waals surface area contributed by atoms with E-state index in [0.29, 0.717) is 6.04 Å². The minimum Gasteiger partial charge on any atom is -0.325 e. The summed E-state index contributed by atoms with van der Waals surface area (Å²) in [6.45, 7) is 6.58. The second-order valence-corrected chi connectivity index (χ2v) is 6.46. The molecule has 4 nitrogen and oxygen atoms in total. The van der Waals surface area contributed by atoms with E-state index in [9.17, 15) is 0 Å². The Hall–Kier alpha value is -0.900. The molecule has 1 heterocycles. The van der Waals surface area contributed by atoms with Crippen molar-refractivity contribution in [2.75, 3.05) is 0 Å². The zero-order chi connectivity index (χ0) is 13.9. The number of hydrogen-bond acceptors (Lipinski definition) is 3. The van der Waals surface area contributed by atoms with Crippen molar-refractivity contribution in [3.8, 4) is 0 Å². The second-order valence-electron chi connectivity index (χ2n) is 6.46. The predicted octanol–water partition coefficient (Wildman–Crippen LogP) is 3.09. The van der Waals surface area contributed by atoms with Crippen LogP contribution >= 0.6 is 0 Å². The Morgan fingerprint density at radius 3 is 2.89 bits per heavy atom. The van der Waals surface area contributed by atoms with Gasteiger partial charge >= 0.3 is 0 Å². The quantitative estimate of drug-likeness (QED) is 0.850. The fourth-order valence-corrected chi connectivity index (χ4v) is 3.24. The van der Waals surface area contributed by atoms with E-state index in [-0.39, 0.29) is 5.54 Å². The lowest BCUT2D eigenvalue weighted by Crippen LogP contribution is -2.42. The predicted molar refractivity (Wildman–Crippen MR) is 77.9 cm³/mol. The van der Waals surface area contributed by atoms with Gasteiger partial charge in [-0.05, 0) is 39.0 Å². The highest BCUT2D eigenvalue weighted by Crippen LogP contribution is 2.32. The molecule has 2 unspecified atom stereocenters. The van der Waals surface area contributed by atoms with Crippen LogP contribution in [0.25, 0.3) is 0 Å². The SMILES string of the molecule is CCC1CCCC(N)(Cc2ncnn2C(C)C)CC1. The molecule has 108 valence electrons. The maximum Gasteiger partial charge on any atom is 0.138 e. The van der Waals surface area contributed by atoms with Crippen LogP contribution in [0.5, 0.6) is 0 Å². The van der Waals surface area contributed by atoms with Crippen LogP contribution in [0.15, 0.2) is 6.33 Å². The van der Waals surface area contributed by atoms with Gasteiger partial charge in [0.05, 0.1) is 0 Å². The molecule has 1 saturated carbocycles. The Labute approximate surface area is 116 Å². The maximum absolute atomic E-state index is 6.66. The van der Waals surface area contributed by atoms with Crippen LogP contribution in [-0.4, -0.2) is 20.3 Å². The van der Waals surface area contributed by atoms with Crippen molar-refractivity contribution < 1.29 is 0 Å². The lowest BCUT2D eigenvalue weighted by molar-refractivity contribution is 0.341. The molecule has 1 aromatic rings. The first-order valence-corrected chi connectivity index (χ1v) is 7.71. The van der Waals surface area contributed by atoms with E-state index in [1.165, 1.54) is 25.7 Å². The van der Waals surface area contributed by atoms with Gasteiger partial charge < -0.3 is 5.73 Å². The number of aromatic nitrogens is 3. The fraction of sp³-hybridized carbons (Fsp3) is 0.867. The van der Waals surface area contributed by atoms with Crippen LogP contribution in [0.1, 0.15) is 71.2 Å². The molecule has 1 fully saturated rings. The molecule has 2 rings (SSSR count). The van der Waals surface area contributed by atoms with Crippen molar-refractivity contribution in [2.24, 2.45) is 11.7 Å². The van der Waals surface area contributed by atoms with Crippen LogP contribution < -0.4 is 5.73 Å². The van der Waals surface area contributed by atoms with Crippen molar-refractivity contribution in [1.82, 2.24) is 14.8 Å². The van der Waals surface area contributed by atoms with Gasteiger partial charge in [0.25, 0.3) is 0 Å². The third-order valence-electron chi connectivity index (χ3n) is 4.56. The van der Waals surface area contributed by atoms with Gasteiger partial charge in [0.2, 0.25) is 0 Å². The molecule has 0 aliphatic heterocycles. The minimum absolute atomic E-state index is 0.0798. The number of rotatable bonds is 4. The van der Waals surface area contributed by atoms with E-state index in [2.05, 4.69) is 30.9 Å². The normalized spacial score (nSPS) is 28.6. The standard InChI is InChI=1S/C15H28N4/c1-4-13-6-5-8-15(16,9-7-13)10-14-17-11-18-19(14)12(2)3/h11-13H,4-10,16H2,1-3H3. The molecule has 0 aromatic carbocycles. The molecule has 0 amide bonds. The van der Waals surface area contributed by atoms with Crippen molar-refractivity contribution in [3.63, 3.8) is 0 Å².